The summed E-state index contributed by atoms with van der Waals surface area (Å²) in [5.41, 5.74) is 7.07. The van der Waals surface area contributed by atoms with Crippen molar-refractivity contribution in [2.75, 3.05) is 0 Å². The molecule has 144 valence electrons. The standard InChI is InChI=1S/C19H15ClN2O4S2/c20-13-7-11(9-16-17(23)22-19(27)28-16)3-6-15(13)26-12-4-1-10(2-5-12)8-14(21)18(24)25/h1-7,9,14H,8,21H2,(H,24,25)(H,22,23,27)/t14-/m0/s1. The third kappa shape index (κ3) is 5.11. The molecule has 0 bridgehead atoms. The van der Waals surface area contributed by atoms with Crippen molar-refractivity contribution >= 4 is 57.9 Å². The Balaban J connectivity index is 1.70. The van der Waals surface area contributed by atoms with Crippen LogP contribution in [0.4, 0.5) is 0 Å². The van der Waals surface area contributed by atoms with Crippen LogP contribution >= 0.6 is 35.6 Å². The highest BCUT2D eigenvalue weighted by Gasteiger charge is 2.22. The monoisotopic (exact) mass is 434 g/mol. The minimum Gasteiger partial charge on any atom is -0.480 e. The van der Waals surface area contributed by atoms with Crippen molar-refractivity contribution in [2.45, 2.75) is 12.5 Å². The largest absolute Gasteiger partial charge is 0.480 e. The minimum atomic E-state index is -1.04. The van der Waals surface area contributed by atoms with E-state index in [2.05, 4.69) is 5.32 Å². The summed E-state index contributed by atoms with van der Waals surface area (Å²) in [6.07, 6.45) is 1.93. The van der Waals surface area contributed by atoms with E-state index in [1.807, 2.05) is 0 Å². The van der Waals surface area contributed by atoms with Crippen LogP contribution in [-0.2, 0) is 16.0 Å². The second-order valence-corrected chi connectivity index (χ2v) is 8.06. The van der Waals surface area contributed by atoms with Gasteiger partial charge >= 0.3 is 5.97 Å². The molecular formula is C19H15ClN2O4S2. The van der Waals surface area contributed by atoms with Crippen LogP contribution in [0.15, 0.2) is 47.4 Å². The van der Waals surface area contributed by atoms with Gasteiger partial charge in [0.25, 0.3) is 5.91 Å². The first-order valence-electron chi connectivity index (χ1n) is 8.11. The van der Waals surface area contributed by atoms with Gasteiger partial charge in [-0.2, -0.15) is 0 Å². The molecule has 1 fully saturated rings. The van der Waals surface area contributed by atoms with Crippen molar-refractivity contribution in [1.29, 1.82) is 0 Å². The molecule has 2 aromatic carbocycles. The number of carboxylic acids is 1. The third-order valence-corrected chi connectivity index (χ3v) is 5.28. The maximum Gasteiger partial charge on any atom is 0.320 e. The van der Waals surface area contributed by atoms with Gasteiger partial charge in [-0.05, 0) is 47.9 Å². The molecule has 4 N–H and O–H groups in total. The number of nitrogens with two attached hydrogens (primary N) is 1. The molecule has 28 heavy (non-hydrogen) atoms. The average Bonchev–Trinajstić information content (AvgIpc) is 2.96. The number of carbonyl (C=O) groups excluding carboxylic acids is 1. The van der Waals surface area contributed by atoms with E-state index in [0.717, 1.165) is 11.1 Å². The summed E-state index contributed by atoms with van der Waals surface area (Å²) in [6, 6.07) is 11.2. The number of aliphatic carboxylic acids is 1. The molecular weight excluding hydrogens is 420 g/mol. The molecule has 6 nitrogen and oxygen atoms in total. The molecule has 0 aliphatic carbocycles. The highest BCUT2D eigenvalue weighted by Crippen LogP contribution is 2.32. The maximum atomic E-state index is 11.7. The molecule has 1 saturated heterocycles. The van der Waals surface area contributed by atoms with E-state index in [0.29, 0.717) is 25.7 Å². The van der Waals surface area contributed by atoms with Crippen LogP contribution in [0.3, 0.4) is 0 Å². The van der Waals surface area contributed by atoms with Gasteiger partial charge in [-0.3, -0.25) is 9.59 Å². The fraction of sp³-hybridized carbons (Fsp3) is 0.105. The van der Waals surface area contributed by atoms with Crippen molar-refractivity contribution in [3.05, 3.63) is 63.5 Å². The minimum absolute atomic E-state index is 0.228. The van der Waals surface area contributed by atoms with E-state index < -0.39 is 12.0 Å². The number of thioether (sulfide) groups is 1. The van der Waals surface area contributed by atoms with Crippen LogP contribution in [0.5, 0.6) is 11.5 Å². The normalized spacial score (nSPS) is 16.1. The number of benzene rings is 2. The number of ether oxygens (including phenoxy) is 1. The number of hydrogen-bond donors (Lipinski definition) is 3. The predicted molar refractivity (Wildman–Crippen MR) is 114 cm³/mol. The molecule has 1 heterocycles. The van der Waals surface area contributed by atoms with Gasteiger partial charge in [0.05, 0.1) is 9.93 Å². The van der Waals surface area contributed by atoms with Gasteiger partial charge in [-0.15, -0.1) is 0 Å². The zero-order chi connectivity index (χ0) is 20.3. The highest BCUT2D eigenvalue weighted by molar-refractivity contribution is 8.26. The lowest BCUT2D eigenvalue weighted by Crippen LogP contribution is -2.32. The third-order valence-electron chi connectivity index (χ3n) is 3.82. The number of hydrogen-bond acceptors (Lipinski definition) is 6. The van der Waals surface area contributed by atoms with Crippen LogP contribution in [0.25, 0.3) is 6.08 Å². The molecule has 9 heteroatoms. The van der Waals surface area contributed by atoms with Gasteiger partial charge in [-0.25, -0.2) is 0 Å². The molecule has 0 spiro atoms. The molecule has 1 atom stereocenters. The van der Waals surface area contributed by atoms with Crippen LogP contribution in [-0.4, -0.2) is 27.3 Å². The van der Waals surface area contributed by atoms with Gasteiger partial charge in [0.15, 0.2) is 0 Å². The summed E-state index contributed by atoms with van der Waals surface area (Å²) in [5, 5.41) is 11.8. The van der Waals surface area contributed by atoms with Crippen molar-refractivity contribution < 1.29 is 19.4 Å². The Labute approximate surface area is 175 Å². The van der Waals surface area contributed by atoms with Crippen molar-refractivity contribution in [3.8, 4) is 11.5 Å². The van der Waals surface area contributed by atoms with E-state index in [1.54, 1.807) is 48.5 Å². The van der Waals surface area contributed by atoms with Gasteiger partial charge in [0.1, 0.15) is 21.9 Å². The van der Waals surface area contributed by atoms with Crippen molar-refractivity contribution in [2.24, 2.45) is 5.73 Å². The molecule has 0 saturated carbocycles. The predicted octanol–water partition coefficient (Wildman–Crippen LogP) is 3.58. The Morgan fingerprint density at radius 3 is 2.61 bits per heavy atom. The number of thiocarbonyl (C=S) groups is 1. The number of halogens is 1. The summed E-state index contributed by atoms with van der Waals surface area (Å²) in [5.74, 6) is -0.263. The van der Waals surface area contributed by atoms with E-state index in [-0.39, 0.29) is 12.3 Å². The first kappa shape index (κ1) is 20.3. The summed E-state index contributed by atoms with van der Waals surface area (Å²) < 4.78 is 6.20. The second kappa shape index (κ2) is 8.74. The molecule has 1 aliphatic rings. The molecule has 1 aliphatic heterocycles. The molecule has 0 aromatic heterocycles. The zero-order valence-corrected chi connectivity index (χ0v) is 16.7. The Hall–Kier alpha value is -2.39. The average molecular weight is 435 g/mol. The molecule has 1 amide bonds. The quantitative estimate of drug-likeness (QED) is 0.471. The van der Waals surface area contributed by atoms with E-state index >= 15 is 0 Å². The number of amides is 1. The lowest BCUT2D eigenvalue weighted by Gasteiger charge is -2.10. The van der Waals surface area contributed by atoms with Crippen LogP contribution in [0.1, 0.15) is 11.1 Å². The Morgan fingerprint density at radius 2 is 2.04 bits per heavy atom. The number of carbonyl (C=O) groups is 2. The Kier molecular flexibility index (Phi) is 6.35. The summed E-state index contributed by atoms with van der Waals surface area (Å²) >= 11 is 12.5. The first-order valence-corrected chi connectivity index (χ1v) is 9.71. The van der Waals surface area contributed by atoms with Gasteiger partial charge in [0, 0.05) is 0 Å². The first-order chi connectivity index (χ1) is 13.3. The van der Waals surface area contributed by atoms with E-state index in [9.17, 15) is 9.59 Å². The van der Waals surface area contributed by atoms with Crippen molar-refractivity contribution in [3.63, 3.8) is 0 Å². The van der Waals surface area contributed by atoms with Gasteiger partial charge in [-0.1, -0.05) is 53.8 Å². The summed E-state index contributed by atoms with van der Waals surface area (Å²) in [4.78, 5) is 23.1. The Morgan fingerprint density at radius 1 is 1.32 bits per heavy atom. The van der Waals surface area contributed by atoms with Crippen LogP contribution in [0, 0.1) is 0 Å². The van der Waals surface area contributed by atoms with Gasteiger partial charge in [0.2, 0.25) is 0 Å². The lowest BCUT2D eigenvalue weighted by atomic mass is 10.1. The summed E-state index contributed by atoms with van der Waals surface area (Å²) in [6.45, 7) is 0. The fourth-order valence-electron chi connectivity index (χ4n) is 2.42. The Bertz CT molecular complexity index is 976. The maximum absolute atomic E-state index is 11.7. The molecule has 0 unspecified atom stereocenters. The van der Waals surface area contributed by atoms with E-state index in [4.69, 9.17) is 39.4 Å². The highest BCUT2D eigenvalue weighted by atomic mass is 35.5. The van der Waals surface area contributed by atoms with Crippen LogP contribution in [0.2, 0.25) is 5.02 Å². The lowest BCUT2D eigenvalue weighted by molar-refractivity contribution is -0.138. The molecule has 3 rings (SSSR count). The van der Waals surface area contributed by atoms with Crippen molar-refractivity contribution in [1.82, 2.24) is 5.32 Å². The zero-order valence-electron chi connectivity index (χ0n) is 14.3. The second-order valence-electron chi connectivity index (χ2n) is 5.94. The van der Waals surface area contributed by atoms with Gasteiger partial charge < -0.3 is 20.9 Å². The topological polar surface area (TPSA) is 102 Å². The fourth-order valence-corrected chi connectivity index (χ4v) is 3.70. The number of rotatable bonds is 6. The summed E-state index contributed by atoms with van der Waals surface area (Å²) in [7, 11) is 0. The molecule has 2 aromatic rings. The SMILES string of the molecule is N[C@@H](Cc1ccc(Oc2ccc(C=C3SC(=S)NC3=O)cc2Cl)cc1)C(=O)O. The number of carboxylic acid groups (broad SMARTS) is 1. The van der Waals surface area contributed by atoms with E-state index in [1.165, 1.54) is 11.8 Å². The van der Waals surface area contributed by atoms with Crippen LogP contribution < -0.4 is 15.8 Å². The number of nitrogens with one attached hydrogen (secondary N) is 1. The smallest absolute Gasteiger partial charge is 0.320 e. The molecule has 0 radical (unpaired) electrons.